The molecule has 0 saturated carbocycles. The number of nitrogens with one attached hydrogen (secondary N) is 1. The number of rotatable bonds is 7. The Kier molecular flexibility index (Phi) is 6.57. The van der Waals surface area contributed by atoms with E-state index in [0.29, 0.717) is 17.9 Å². The minimum Gasteiger partial charge on any atom is -0.489 e. The van der Waals surface area contributed by atoms with Crippen molar-refractivity contribution < 1.29 is 13.9 Å². The number of carbonyl (C=O) groups is 1. The molecule has 1 amide bonds. The first kappa shape index (κ1) is 20.6. The lowest BCUT2D eigenvalue weighted by Crippen LogP contribution is -2.19. The zero-order valence-electron chi connectivity index (χ0n) is 17.1. The lowest BCUT2D eigenvalue weighted by Gasteiger charge is -2.17. The van der Waals surface area contributed by atoms with Crippen LogP contribution in [0.4, 0.5) is 10.1 Å². The van der Waals surface area contributed by atoms with Gasteiger partial charge in [-0.3, -0.25) is 4.79 Å². The van der Waals surface area contributed by atoms with Crippen LogP contribution in [0.3, 0.4) is 0 Å². The molecule has 1 aliphatic rings. The van der Waals surface area contributed by atoms with E-state index in [9.17, 15) is 9.18 Å². The van der Waals surface area contributed by atoms with Gasteiger partial charge in [0.15, 0.2) is 0 Å². The number of halogens is 1. The SMILES string of the molecule is O=C(N/N=C\c1ccc(OCc2ccc(F)cc2)cc1)c1ccc(N2CCCC2)cc1. The summed E-state index contributed by atoms with van der Waals surface area (Å²) in [5.74, 6) is 0.186. The Bertz CT molecular complexity index is 1030. The van der Waals surface area contributed by atoms with Crippen LogP contribution in [0.15, 0.2) is 77.9 Å². The molecule has 1 heterocycles. The molecule has 1 saturated heterocycles. The molecule has 3 aromatic rings. The van der Waals surface area contributed by atoms with Gasteiger partial charge < -0.3 is 9.64 Å². The molecular formula is C25H24FN3O2. The molecule has 6 heteroatoms. The van der Waals surface area contributed by atoms with Crippen molar-refractivity contribution >= 4 is 17.8 Å². The molecular weight excluding hydrogens is 393 g/mol. The number of amides is 1. The van der Waals surface area contributed by atoms with Crippen LogP contribution in [0.2, 0.25) is 0 Å². The van der Waals surface area contributed by atoms with Gasteiger partial charge in [0.05, 0.1) is 6.21 Å². The second-order valence-electron chi connectivity index (χ2n) is 7.42. The van der Waals surface area contributed by atoms with Gasteiger partial charge in [0.1, 0.15) is 18.2 Å². The number of benzene rings is 3. The third kappa shape index (κ3) is 5.69. The molecule has 0 atom stereocenters. The van der Waals surface area contributed by atoms with E-state index in [1.165, 1.54) is 25.0 Å². The van der Waals surface area contributed by atoms with E-state index >= 15 is 0 Å². The van der Waals surface area contributed by atoms with Crippen molar-refractivity contribution in [2.45, 2.75) is 19.4 Å². The summed E-state index contributed by atoms with van der Waals surface area (Å²) in [4.78, 5) is 14.6. The van der Waals surface area contributed by atoms with Crippen LogP contribution in [0.25, 0.3) is 0 Å². The Morgan fingerprint density at radius 1 is 0.968 bits per heavy atom. The molecule has 0 radical (unpaired) electrons. The van der Waals surface area contributed by atoms with Crippen LogP contribution >= 0.6 is 0 Å². The van der Waals surface area contributed by atoms with Gasteiger partial charge in [0.2, 0.25) is 0 Å². The van der Waals surface area contributed by atoms with Crippen LogP contribution in [-0.4, -0.2) is 25.2 Å². The van der Waals surface area contributed by atoms with E-state index in [-0.39, 0.29) is 11.7 Å². The average Bonchev–Trinajstić information content (AvgIpc) is 3.35. The van der Waals surface area contributed by atoms with E-state index in [4.69, 9.17) is 4.74 Å². The lowest BCUT2D eigenvalue weighted by atomic mass is 10.2. The number of ether oxygens (including phenoxy) is 1. The highest BCUT2D eigenvalue weighted by Crippen LogP contribution is 2.20. The van der Waals surface area contributed by atoms with Crippen molar-refractivity contribution in [2.24, 2.45) is 5.10 Å². The zero-order valence-corrected chi connectivity index (χ0v) is 17.1. The number of anilines is 1. The summed E-state index contributed by atoms with van der Waals surface area (Å²) in [7, 11) is 0. The van der Waals surface area contributed by atoms with Crippen LogP contribution in [0.1, 0.15) is 34.3 Å². The van der Waals surface area contributed by atoms with E-state index in [0.717, 1.165) is 29.9 Å². The first-order valence-corrected chi connectivity index (χ1v) is 10.3. The van der Waals surface area contributed by atoms with Crippen molar-refractivity contribution in [3.63, 3.8) is 0 Å². The number of carbonyl (C=O) groups excluding carboxylic acids is 1. The summed E-state index contributed by atoms with van der Waals surface area (Å²) >= 11 is 0. The maximum Gasteiger partial charge on any atom is 0.271 e. The van der Waals surface area contributed by atoms with E-state index < -0.39 is 0 Å². The quantitative estimate of drug-likeness (QED) is 0.445. The Labute approximate surface area is 181 Å². The first-order valence-electron chi connectivity index (χ1n) is 10.3. The van der Waals surface area contributed by atoms with Gasteiger partial charge >= 0.3 is 0 Å². The number of hydrogen-bond donors (Lipinski definition) is 1. The molecule has 31 heavy (non-hydrogen) atoms. The van der Waals surface area contributed by atoms with Gasteiger partial charge in [-0.25, -0.2) is 9.82 Å². The zero-order chi connectivity index (χ0) is 21.5. The van der Waals surface area contributed by atoms with E-state index in [2.05, 4.69) is 15.4 Å². The average molecular weight is 417 g/mol. The van der Waals surface area contributed by atoms with Gasteiger partial charge in [0, 0.05) is 24.3 Å². The third-order valence-electron chi connectivity index (χ3n) is 5.18. The Balaban J connectivity index is 1.26. The maximum atomic E-state index is 12.9. The number of hydrogen-bond acceptors (Lipinski definition) is 4. The van der Waals surface area contributed by atoms with Gasteiger partial charge in [-0.2, -0.15) is 5.10 Å². The maximum absolute atomic E-state index is 12.9. The van der Waals surface area contributed by atoms with Crippen molar-refractivity contribution in [3.05, 3.63) is 95.3 Å². The minimum absolute atomic E-state index is 0.247. The summed E-state index contributed by atoms with van der Waals surface area (Å²) < 4.78 is 18.6. The van der Waals surface area contributed by atoms with Crippen LogP contribution in [0, 0.1) is 5.82 Å². The highest BCUT2D eigenvalue weighted by molar-refractivity contribution is 5.95. The predicted octanol–water partition coefficient (Wildman–Crippen LogP) is 4.77. The summed E-state index contributed by atoms with van der Waals surface area (Å²) in [5, 5.41) is 4.04. The Morgan fingerprint density at radius 2 is 1.65 bits per heavy atom. The molecule has 4 rings (SSSR count). The van der Waals surface area contributed by atoms with E-state index in [1.807, 2.05) is 48.5 Å². The van der Waals surface area contributed by atoms with Gasteiger partial charge in [-0.05, 0) is 84.6 Å². The van der Waals surface area contributed by atoms with Crippen molar-refractivity contribution in [3.8, 4) is 5.75 Å². The second-order valence-corrected chi connectivity index (χ2v) is 7.42. The van der Waals surface area contributed by atoms with Crippen molar-refractivity contribution in [1.82, 2.24) is 5.43 Å². The summed E-state index contributed by atoms with van der Waals surface area (Å²) in [5.41, 5.74) is 6.01. The molecule has 1 N–H and O–H groups in total. The molecule has 0 aromatic heterocycles. The molecule has 158 valence electrons. The van der Waals surface area contributed by atoms with Gasteiger partial charge in [-0.1, -0.05) is 12.1 Å². The topological polar surface area (TPSA) is 53.9 Å². The summed E-state index contributed by atoms with van der Waals surface area (Å²) in [6.45, 7) is 2.51. The summed E-state index contributed by atoms with van der Waals surface area (Å²) in [6, 6.07) is 21.2. The van der Waals surface area contributed by atoms with Gasteiger partial charge in [0.25, 0.3) is 5.91 Å². The highest BCUT2D eigenvalue weighted by Gasteiger charge is 2.12. The minimum atomic E-state index is -0.265. The fraction of sp³-hybridized carbons (Fsp3) is 0.200. The van der Waals surface area contributed by atoms with Crippen LogP contribution in [0.5, 0.6) is 5.75 Å². The monoisotopic (exact) mass is 417 g/mol. The van der Waals surface area contributed by atoms with Gasteiger partial charge in [-0.15, -0.1) is 0 Å². The normalized spacial score (nSPS) is 13.5. The standard InChI is InChI=1S/C25H24FN3O2/c26-22-9-3-20(4-10-22)18-31-24-13-5-19(6-14-24)17-27-28-25(30)21-7-11-23(12-8-21)29-15-1-2-16-29/h3-14,17H,1-2,15-16,18H2,(H,28,30)/b27-17-. The molecule has 1 fully saturated rings. The number of hydrazone groups is 1. The first-order chi connectivity index (χ1) is 15.2. The third-order valence-corrected chi connectivity index (χ3v) is 5.18. The molecule has 1 aliphatic heterocycles. The molecule has 5 nitrogen and oxygen atoms in total. The van der Waals surface area contributed by atoms with Crippen LogP contribution in [-0.2, 0) is 6.61 Å². The molecule has 0 aliphatic carbocycles. The fourth-order valence-electron chi connectivity index (χ4n) is 3.43. The Morgan fingerprint density at radius 3 is 2.32 bits per heavy atom. The Hall–Kier alpha value is -3.67. The number of nitrogens with zero attached hydrogens (tertiary/aromatic N) is 2. The second kappa shape index (κ2) is 9.89. The molecule has 0 unspecified atom stereocenters. The fourth-order valence-corrected chi connectivity index (χ4v) is 3.43. The van der Waals surface area contributed by atoms with E-state index in [1.54, 1.807) is 18.3 Å². The molecule has 3 aromatic carbocycles. The smallest absolute Gasteiger partial charge is 0.271 e. The van der Waals surface area contributed by atoms with Crippen molar-refractivity contribution in [2.75, 3.05) is 18.0 Å². The van der Waals surface area contributed by atoms with Crippen LogP contribution < -0.4 is 15.1 Å². The predicted molar refractivity (Wildman–Crippen MR) is 120 cm³/mol. The molecule has 0 spiro atoms. The highest BCUT2D eigenvalue weighted by atomic mass is 19.1. The summed E-state index contributed by atoms with van der Waals surface area (Å²) in [6.07, 6.45) is 4.02. The lowest BCUT2D eigenvalue weighted by molar-refractivity contribution is 0.0955. The largest absolute Gasteiger partial charge is 0.489 e. The molecule has 0 bridgehead atoms. The van der Waals surface area contributed by atoms with Crippen molar-refractivity contribution in [1.29, 1.82) is 0 Å².